The van der Waals surface area contributed by atoms with E-state index in [0.717, 1.165) is 18.6 Å². The van der Waals surface area contributed by atoms with Crippen molar-refractivity contribution >= 4 is 16.9 Å². The fraction of sp³-hybridized carbons (Fsp3) is 0.875. The molecule has 1 saturated heterocycles. The molecule has 2 heteroatoms. The van der Waals surface area contributed by atoms with E-state index in [1.54, 1.807) is 0 Å². The molecule has 10 heavy (non-hydrogen) atoms. The molecule has 1 fully saturated rings. The van der Waals surface area contributed by atoms with E-state index < -0.39 is 0 Å². The second-order valence-electron chi connectivity index (χ2n) is 2.74. The van der Waals surface area contributed by atoms with E-state index in [1.165, 1.54) is 37.4 Å². The zero-order chi connectivity index (χ0) is 7.23. The summed E-state index contributed by atoms with van der Waals surface area (Å²) in [6, 6.07) is 0. The van der Waals surface area contributed by atoms with Gasteiger partial charge in [0.25, 0.3) is 0 Å². The molecule has 0 aromatic carbocycles. The van der Waals surface area contributed by atoms with Gasteiger partial charge in [-0.1, -0.05) is 31.0 Å². The minimum atomic E-state index is 0.405. The fourth-order valence-electron chi connectivity index (χ4n) is 1.16. The molecule has 1 nitrogen and oxygen atoms in total. The van der Waals surface area contributed by atoms with Crippen LogP contribution in [0.15, 0.2) is 0 Å². The maximum Gasteiger partial charge on any atom is 0.188 e. The van der Waals surface area contributed by atoms with Crippen molar-refractivity contribution in [3.05, 3.63) is 0 Å². The molecule has 1 heterocycles. The van der Waals surface area contributed by atoms with Crippen LogP contribution in [0.3, 0.4) is 0 Å². The van der Waals surface area contributed by atoms with Gasteiger partial charge < -0.3 is 0 Å². The monoisotopic (exact) mass is 158 g/mol. The Morgan fingerprint density at radius 1 is 1.00 bits per heavy atom. The van der Waals surface area contributed by atoms with Crippen LogP contribution in [0.2, 0.25) is 0 Å². The Morgan fingerprint density at radius 3 is 2.60 bits per heavy atom. The van der Waals surface area contributed by atoms with Gasteiger partial charge in [0, 0.05) is 12.2 Å². The van der Waals surface area contributed by atoms with Crippen molar-refractivity contribution in [3.8, 4) is 0 Å². The third-order valence-electron chi connectivity index (χ3n) is 1.79. The Hall–Kier alpha value is 0.0200. The van der Waals surface area contributed by atoms with Crippen molar-refractivity contribution in [2.75, 3.05) is 5.75 Å². The number of carbonyl (C=O) groups is 1. The first kappa shape index (κ1) is 8.12. The molecule has 0 aromatic heterocycles. The molecule has 0 amide bonds. The van der Waals surface area contributed by atoms with Crippen molar-refractivity contribution in [2.45, 2.75) is 38.5 Å². The lowest BCUT2D eigenvalue weighted by molar-refractivity contribution is -0.111. The lowest BCUT2D eigenvalue weighted by Crippen LogP contribution is -1.90. The summed E-state index contributed by atoms with van der Waals surface area (Å²) in [5, 5.41) is 0.405. The van der Waals surface area contributed by atoms with Crippen molar-refractivity contribution in [1.29, 1.82) is 0 Å². The predicted molar refractivity (Wildman–Crippen MR) is 45.2 cm³/mol. The second-order valence-corrected chi connectivity index (χ2v) is 3.89. The quantitative estimate of drug-likeness (QED) is 0.539. The Labute approximate surface area is 66.6 Å². The summed E-state index contributed by atoms with van der Waals surface area (Å²) < 4.78 is 0. The highest BCUT2D eigenvalue weighted by atomic mass is 32.2. The number of thioether (sulfide) groups is 1. The first-order valence-corrected chi connectivity index (χ1v) is 5.04. The minimum Gasteiger partial charge on any atom is -0.287 e. The molecule has 0 N–H and O–H groups in total. The minimum absolute atomic E-state index is 0.405. The standard InChI is InChI=1S/C8H14OS/c9-8-6-4-2-1-3-5-7-10-8/h1-7H2. The highest BCUT2D eigenvalue weighted by Gasteiger charge is 2.04. The van der Waals surface area contributed by atoms with E-state index >= 15 is 0 Å². The maximum atomic E-state index is 11.0. The Bertz CT molecular complexity index is 99.8. The number of rotatable bonds is 0. The Morgan fingerprint density at radius 2 is 1.70 bits per heavy atom. The lowest BCUT2D eigenvalue weighted by atomic mass is 10.1. The largest absolute Gasteiger partial charge is 0.287 e. The molecular formula is C8H14OS. The first-order chi connectivity index (χ1) is 4.89. The van der Waals surface area contributed by atoms with E-state index in [-0.39, 0.29) is 0 Å². The Kier molecular flexibility index (Phi) is 3.88. The van der Waals surface area contributed by atoms with Gasteiger partial charge in [-0.25, -0.2) is 0 Å². The molecular weight excluding hydrogens is 144 g/mol. The van der Waals surface area contributed by atoms with Crippen molar-refractivity contribution in [3.63, 3.8) is 0 Å². The van der Waals surface area contributed by atoms with Gasteiger partial charge in [0.1, 0.15) is 0 Å². The highest BCUT2D eigenvalue weighted by molar-refractivity contribution is 8.13. The van der Waals surface area contributed by atoms with Crippen LogP contribution in [-0.2, 0) is 4.79 Å². The topological polar surface area (TPSA) is 17.1 Å². The zero-order valence-electron chi connectivity index (χ0n) is 6.27. The average molecular weight is 158 g/mol. The van der Waals surface area contributed by atoms with Crippen LogP contribution >= 0.6 is 11.8 Å². The third kappa shape index (κ3) is 3.25. The van der Waals surface area contributed by atoms with Crippen LogP contribution in [0.1, 0.15) is 38.5 Å². The predicted octanol–water partition coefficient (Wildman–Crippen LogP) is 2.60. The van der Waals surface area contributed by atoms with Crippen molar-refractivity contribution in [2.24, 2.45) is 0 Å². The van der Waals surface area contributed by atoms with Crippen LogP contribution in [0.25, 0.3) is 0 Å². The van der Waals surface area contributed by atoms with Gasteiger partial charge in [0.2, 0.25) is 0 Å². The van der Waals surface area contributed by atoms with Gasteiger partial charge in [-0.15, -0.1) is 0 Å². The van der Waals surface area contributed by atoms with Crippen molar-refractivity contribution in [1.82, 2.24) is 0 Å². The number of carbonyl (C=O) groups excluding carboxylic acids is 1. The summed E-state index contributed by atoms with van der Waals surface area (Å²) in [6.07, 6.45) is 7.06. The molecule has 58 valence electrons. The van der Waals surface area contributed by atoms with Crippen LogP contribution in [0, 0.1) is 0 Å². The number of hydrogen-bond acceptors (Lipinski definition) is 2. The second kappa shape index (κ2) is 4.78. The smallest absolute Gasteiger partial charge is 0.188 e. The summed E-state index contributed by atoms with van der Waals surface area (Å²) in [5.41, 5.74) is 0. The van der Waals surface area contributed by atoms with E-state index in [4.69, 9.17) is 0 Å². The maximum absolute atomic E-state index is 11.0. The molecule has 0 aliphatic carbocycles. The van der Waals surface area contributed by atoms with Gasteiger partial charge in [-0.3, -0.25) is 4.79 Å². The van der Waals surface area contributed by atoms with E-state index in [0.29, 0.717) is 5.12 Å². The summed E-state index contributed by atoms with van der Waals surface area (Å²) in [7, 11) is 0. The third-order valence-corrected chi connectivity index (χ3v) is 2.81. The normalized spacial score (nSPS) is 23.0. The molecule has 0 atom stereocenters. The highest BCUT2D eigenvalue weighted by Crippen LogP contribution is 2.16. The molecule has 0 saturated carbocycles. The van der Waals surface area contributed by atoms with Gasteiger partial charge in [0.05, 0.1) is 0 Å². The van der Waals surface area contributed by atoms with Crippen LogP contribution in [0.5, 0.6) is 0 Å². The van der Waals surface area contributed by atoms with Crippen LogP contribution < -0.4 is 0 Å². The molecule has 1 rings (SSSR count). The van der Waals surface area contributed by atoms with Crippen molar-refractivity contribution < 1.29 is 4.79 Å². The molecule has 1 aliphatic heterocycles. The van der Waals surface area contributed by atoms with E-state index in [9.17, 15) is 4.79 Å². The summed E-state index contributed by atoms with van der Waals surface area (Å²) in [6.45, 7) is 0. The average Bonchev–Trinajstić information content (AvgIpc) is 2.02. The van der Waals surface area contributed by atoms with E-state index in [2.05, 4.69) is 0 Å². The van der Waals surface area contributed by atoms with E-state index in [1.807, 2.05) is 0 Å². The summed E-state index contributed by atoms with van der Waals surface area (Å²) >= 11 is 1.53. The van der Waals surface area contributed by atoms with Crippen LogP contribution in [-0.4, -0.2) is 10.9 Å². The van der Waals surface area contributed by atoms with Gasteiger partial charge in [-0.2, -0.15) is 0 Å². The first-order valence-electron chi connectivity index (χ1n) is 4.05. The van der Waals surface area contributed by atoms with Gasteiger partial charge >= 0.3 is 0 Å². The lowest BCUT2D eigenvalue weighted by Gasteiger charge is -1.93. The van der Waals surface area contributed by atoms with Gasteiger partial charge in [0.15, 0.2) is 5.12 Å². The SMILES string of the molecule is O=C1CCCCCCCS1. The molecule has 0 radical (unpaired) electrons. The summed E-state index contributed by atoms with van der Waals surface area (Å²) in [4.78, 5) is 11.0. The number of hydrogen-bond donors (Lipinski definition) is 0. The molecule has 0 unspecified atom stereocenters. The molecule has 1 aliphatic rings. The molecule has 0 bridgehead atoms. The van der Waals surface area contributed by atoms with Crippen LogP contribution in [0.4, 0.5) is 0 Å². The fourth-order valence-corrected chi connectivity index (χ4v) is 2.02. The molecule has 0 spiro atoms. The Balaban J connectivity index is 2.21. The summed E-state index contributed by atoms with van der Waals surface area (Å²) in [5.74, 6) is 1.05. The van der Waals surface area contributed by atoms with Gasteiger partial charge in [-0.05, 0) is 12.8 Å². The zero-order valence-corrected chi connectivity index (χ0v) is 7.08. The molecule has 0 aromatic rings.